The van der Waals surface area contributed by atoms with Crippen molar-refractivity contribution in [1.29, 1.82) is 0 Å². The number of hydrogen-bond acceptors (Lipinski definition) is 4. The van der Waals surface area contributed by atoms with Gasteiger partial charge in [-0.15, -0.1) is 0 Å². The van der Waals surface area contributed by atoms with Gasteiger partial charge >= 0.3 is 0 Å². The lowest BCUT2D eigenvalue weighted by Gasteiger charge is -2.17. The second-order valence-corrected chi connectivity index (χ2v) is 6.74. The molecule has 1 atom stereocenters. The minimum absolute atomic E-state index is 0.227. The molecule has 2 amide bonds. The summed E-state index contributed by atoms with van der Waals surface area (Å²) >= 11 is 1.02. The molecule has 3 rings (SSSR count). The fourth-order valence-corrected chi connectivity index (χ4v) is 3.45. The van der Waals surface area contributed by atoms with Crippen molar-refractivity contribution in [2.75, 3.05) is 10.2 Å². The van der Waals surface area contributed by atoms with E-state index in [1.807, 2.05) is 57.2 Å². The normalized spacial score (nSPS) is 17.7. The van der Waals surface area contributed by atoms with Gasteiger partial charge in [0.2, 0.25) is 0 Å². The lowest BCUT2D eigenvalue weighted by atomic mass is 10.1. The van der Waals surface area contributed by atoms with Gasteiger partial charge in [0.15, 0.2) is 5.37 Å². The summed E-state index contributed by atoms with van der Waals surface area (Å²) in [6.07, 6.45) is 0. The molecular weight excluding hydrogens is 308 g/mol. The number of hydrogen-bond donors (Lipinski definition) is 1. The van der Waals surface area contributed by atoms with Gasteiger partial charge in [0.25, 0.3) is 11.1 Å². The maximum Gasteiger partial charge on any atom is 0.295 e. The Balaban J connectivity index is 1.87. The number of carbonyl (C=O) groups is 2. The highest BCUT2D eigenvalue weighted by molar-refractivity contribution is 8.16. The average molecular weight is 326 g/mol. The molecule has 1 fully saturated rings. The Kier molecular flexibility index (Phi) is 4.13. The SMILES string of the molecule is Cc1ccc(C)c(N[C@H]2SC(=O)N(c3ccccc3C)C2=O)c1. The Bertz CT molecular complexity index is 788. The summed E-state index contributed by atoms with van der Waals surface area (Å²) in [6, 6.07) is 13.4. The van der Waals surface area contributed by atoms with E-state index in [4.69, 9.17) is 0 Å². The molecule has 1 aliphatic heterocycles. The van der Waals surface area contributed by atoms with Crippen molar-refractivity contribution in [1.82, 2.24) is 0 Å². The first-order valence-corrected chi connectivity index (χ1v) is 8.29. The van der Waals surface area contributed by atoms with Gasteiger partial charge in [-0.05, 0) is 61.4 Å². The smallest absolute Gasteiger partial charge is 0.295 e. The zero-order valence-electron chi connectivity index (χ0n) is 13.3. The zero-order chi connectivity index (χ0) is 16.6. The summed E-state index contributed by atoms with van der Waals surface area (Å²) in [5.41, 5.74) is 4.60. The molecule has 0 unspecified atom stereocenters. The maximum atomic E-state index is 12.7. The number of nitrogens with one attached hydrogen (secondary N) is 1. The van der Waals surface area contributed by atoms with Crippen LogP contribution in [0.15, 0.2) is 42.5 Å². The predicted octanol–water partition coefficient (Wildman–Crippen LogP) is 4.25. The Hall–Kier alpha value is -2.27. The molecule has 1 heterocycles. The number of benzene rings is 2. The Morgan fingerprint density at radius 1 is 1.00 bits per heavy atom. The molecule has 23 heavy (non-hydrogen) atoms. The van der Waals surface area contributed by atoms with Crippen LogP contribution in [0.1, 0.15) is 16.7 Å². The van der Waals surface area contributed by atoms with E-state index in [-0.39, 0.29) is 11.1 Å². The Morgan fingerprint density at radius 3 is 2.48 bits per heavy atom. The average Bonchev–Trinajstić information content (AvgIpc) is 2.78. The number of imide groups is 1. The fraction of sp³-hybridized carbons (Fsp3) is 0.222. The maximum absolute atomic E-state index is 12.7. The lowest BCUT2D eigenvalue weighted by molar-refractivity contribution is -0.116. The summed E-state index contributed by atoms with van der Waals surface area (Å²) in [5, 5.41) is 2.36. The number of anilines is 2. The Labute approximate surface area is 139 Å². The van der Waals surface area contributed by atoms with Crippen LogP contribution in [0.4, 0.5) is 16.2 Å². The van der Waals surface area contributed by atoms with E-state index in [9.17, 15) is 9.59 Å². The van der Waals surface area contributed by atoms with Crippen molar-refractivity contribution >= 4 is 34.3 Å². The number of aryl methyl sites for hydroxylation is 3. The van der Waals surface area contributed by atoms with E-state index in [2.05, 4.69) is 5.32 Å². The largest absolute Gasteiger partial charge is 0.365 e. The van der Waals surface area contributed by atoms with Gasteiger partial charge in [-0.1, -0.05) is 30.3 Å². The first-order chi connectivity index (χ1) is 11.0. The first-order valence-electron chi connectivity index (χ1n) is 7.41. The lowest BCUT2D eigenvalue weighted by Crippen LogP contribution is -2.34. The summed E-state index contributed by atoms with van der Waals surface area (Å²) < 4.78 is 0. The highest BCUT2D eigenvalue weighted by Crippen LogP contribution is 2.34. The van der Waals surface area contributed by atoms with E-state index in [1.165, 1.54) is 4.90 Å². The number of para-hydroxylation sites is 1. The van der Waals surface area contributed by atoms with Gasteiger partial charge < -0.3 is 5.32 Å². The number of amides is 2. The first kappa shape index (κ1) is 15.6. The molecule has 118 valence electrons. The van der Waals surface area contributed by atoms with Crippen LogP contribution in [-0.2, 0) is 4.79 Å². The van der Waals surface area contributed by atoms with Gasteiger partial charge in [-0.3, -0.25) is 9.59 Å². The van der Waals surface area contributed by atoms with Crippen molar-refractivity contribution in [3.8, 4) is 0 Å². The van der Waals surface area contributed by atoms with Crippen molar-refractivity contribution in [2.24, 2.45) is 0 Å². The van der Waals surface area contributed by atoms with Crippen LogP contribution >= 0.6 is 11.8 Å². The fourth-order valence-electron chi connectivity index (χ4n) is 2.57. The standard InChI is InChI=1S/C18H18N2O2S/c1-11-8-9-12(2)14(10-11)19-16-17(21)20(18(22)23-16)15-7-5-4-6-13(15)3/h4-10,16,19H,1-3H3/t16-/m0/s1. The second-order valence-electron chi connectivity index (χ2n) is 5.69. The quantitative estimate of drug-likeness (QED) is 0.916. The van der Waals surface area contributed by atoms with Crippen LogP contribution in [0.2, 0.25) is 0 Å². The Morgan fingerprint density at radius 2 is 1.74 bits per heavy atom. The third-order valence-corrected chi connectivity index (χ3v) is 4.82. The van der Waals surface area contributed by atoms with E-state index in [0.29, 0.717) is 5.69 Å². The minimum atomic E-state index is -0.595. The summed E-state index contributed by atoms with van der Waals surface area (Å²) in [5.74, 6) is -0.227. The molecule has 0 aliphatic carbocycles. The summed E-state index contributed by atoms with van der Waals surface area (Å²) in [7, 11) is 0. The van der Waals surface area contributed by atoms with Crippen LogP contribution in [0.3, 0.4) is 0 Å². The number of nitrogens with zero attached hydrogens (tertiary/aromatic N) is 1. The van der Waals surface area contributed by atoms with E-state index in [0.717, 1.165) is 34.1 Å². The van der Waals surface area contributed by atoms with Crippen LogP contribution in [0.5, 0.6) is 0 Å². The molecular formula is C18H18N2O2S. The molecule has 2 aromatic carbocycles. The van der Waals surface area contributed by atoms with Crippen LogP contribution in [-0.4, -0.2) is 16.5 Å². The summed E-state index contributed by atoms with van der Waals surface area (Å²) in [6.45, 7) is 5.87. The highest BCUT2D eigenvalue weighted by atomic mass is 32.2. The van der Waals surface area contributed by atoms with Crippen molar-refractivity contribution in [3.05, 3.63) is 59.2 Å². The summed E-state index contributed by atoms with van der Waals surface area (Å²) in [4.78, 5) is 26.3. The van der Waals surface area contributed by atoms with Gasteiger partial charge in [0, 0.05) is 5.69 Å². The third kappa shape index (κ3) is 2.97. The topological polar surface area (TPSA) is 49.4 Å². The second kappa shape index (κ2) is 6.08. The van der Waals surface area contributed by atoms with Gasteiger partial charge in [-0.25, -0.2) is 4.90 Å². The molecule has 0 aromatic heterocycles. The molecule has 0 bridgehead atoms. The molecule has 1 N–H and O–H groups in total. The monoisotopic (exact) mass is 326 g/mol. The molecule has 0 spiro atoms. The molecule has 0 radical (unpaired) electrons. The number of carbonyl (C=O) groups excluding carboxylic acids is 2. The third-order valence-electron chi connectivity index (χ3n) is 3.88. The molecule has 4 nitrogen and oxygen atoms in total. The zero-order valence-corrected chi connectivity index (χ0v) is 14.1. The van der Waals surface area contributed by atoms with E-state index >= 15 is 0 Å². The molecule has 2 aromatic rings. The van der Waals surface area contributed by atoms with Crippen LogP contribution in [0, 0.1) is 20.8 Å². The highest BCUT2D eigenvalue weighted by Gasteiger charge is 2.41. The molecule has 0 saturated carbocycles. The van der Waals surface area contributed by atoms with Crippen LogP contribution in [0.25, 0.3) is 0 Å². The van der Waals surface area contributed by atoms with Crippen molar-refractivity contribution < 1.29 is 9.59 Å². The molecule has 5 heteroatoms. The van der Waals surface area contributed by atoms with E-state index in [1.54, 1.807) is 6.07 Å². The van der Waals surface area contributed by atoms with Crippen molar-refractivity contribution in [2.45, 2.75) is 26.1 Å². The van der Waals surface area contributed by atoms with Gasteiger partial charge in [0.1, 0.15) is 0 Å². The number of rotatable bonds is 3. The number of thioether (sulfide) groups is 1. The minimum Gasteiger partial charge on any atom is -0.365 e. The van der Waals surface area contributed by atoms with E-state index < -0.39 is 5.37 Å². The van der Waals surface area contributed by atoms with Crippen LogP contribution < -0.4 is 10.2 Å². The molecule has 1 saturated heterocycles. The molecule has 1 aliphatic rings. The van der Waals surface area contributed by atoms with Gasteiger partial charge in [0.05, 0.1) is 5.69 Å². The van der Waals surface area contributed by atoms with Crippen molar-refractivity contribution in [3.63, 3.8) is 0 Å². The van der Waals surface area contributed by atoms with Gasteiger partial charge in [-0.2, -0.15) is 0 Å². The predicted molar refractivity (Wildman–Crippen MR) is 95.0 cm³/mol.